The summed E-state index contributed by atoms with van der Waals surface area (Å²) in [6, 6.07) is 4.89. The van der Waals surface area contributed by atoms with Crippen LogP contribution in [-0.2, 0) is 0 Å². The minimum Gasteiger partial charge on any atom is -0.352 e. The molecule has 1 unspecified atom stereocenters. The summed E-state index contributed by atoms with van der Waals surface area (Å²) in [5, 5.41) is 13.4. The van der Waals surface area contributed by atoms with E-state index in [1.807, 2.05) is 4.52 Å². The van der Waals surface area contributed by atoms with Gasteiger partial charge in [-0.25, -0.2) is 0 Å². The lowest BCUT2D eigenvalue weighted by Crippen LogP contribution is -2.55. The molecule has 0 N–H and O–H groups in total. The number of nitrogens with zero attached hydrogens (tertiary/aromatic N) is 6. The highest BCUT2D eigenvalue weighted by atomic mass is 15.4. The molecule has 3 aliphatic rings. The average Bonchev–Trinajstić information content (AvgIpc) is 3.33. The van der Waals surface area contributed by atoms with Crippen molar-refractivity contribution in [2.24, 2.45) is 0 Å². The van der Waals surface area contributed by atoms with Crippen molar-refractivity contribution in [2.45, 2.75) is 44.1 Å². The van der Waals surface area contributed by atoms with Crippen molar-refractivity contribution in [3.05, 3.63) is 18.0 Å². The lowest BCUT2D eigenvalue weighted by atomic mass is 9.99. The fourth-order valence-electron chi connectivity index (χ4n) is 3.92. The summed E-state index contributed by atoms with van der Waals surface area (Å²) in [6.07, 6.45) is 6.53. The van der Waals surface area contributed by atoms with Gasteiger partial charge in [0.15, 0.2) is 11.5 Å². The molecule has 116 valence electrons. The monoisotopic (exact) mass is 298 g/mol. The van der Waals surface area contributed by atoms with Crippen LogP contribution in [0.1, 0.15) is 43.8 Å². The van der Waals surface area contributed by atoms with Gasteiger partial charge < -0.3 is 4.90 Å². The number of piperidine rings is 1. The molecule has 2 saturated heterocycles. The first-order chi connectivity index (χ1) is 10.9. The first kappa shape index (κ1) is 12.8. The molecule has 6 heteroatoms. The maximum Gasteiger partial charge on any atom is 0.178 e. The molecule has 5 rings (SSSR count). The fourth-order valence-corrected chi connectivity index (χ4v) is 3.92. The number of piperazine rings is 1. The highest BCUT2D eigenvalue weighted by Gasteiger charge is 2.31. The summed E-state index contributed by atoms with van der Waals surface area (Å²) in [5.41, 5.74) is 0.877. The highest BCUT2D eigenvalue weighted by molar-refractivity contribution is 5.46. The molecule has 1 aliphatic carbocycles. The SMILES string of the molecule is c1cc2nnc(C3CC3)n2nc1N1CCN2CCCCC2C1. The van der Waals surface area contributed by atoms with Gasteiger partial charge >= 0.3 is 0 Å². The van der Waals surface area contributed by atoms with Gasteiger partial charge in [-0.15, -0.1) is 15.3 Å². The Balaban J connectivity index is 1.44. The Hall–Kier alpha value is -1.69. The Kier molecular flexibility index (Phi) is 2.86. The molecule has 0 amide bonds. The van der Waals surface area contributed by atoms with Crippen LogP contribution in [0.4, 0.5) is 5.82 Å². The average molecular weight is 298 g/mol. The van der Waals surface area contributed by atoms with E-state index in [1.54, 1.807) is 0 Å². The lowest BCUT2D eigenvalue weighted by molar-refractivity contribution is 0.133. The van der Waals surface area contributed by atoms with Crippen LogP contribution in [0.15, 0.2) is 12.1 Å². The first-order valence-corrected chi connectivity index (χ1v) is 8.60. The van der Waals surface area contributed by atoms with Gasteiger partial charge in [0.1, 0.15) is 5.82 Å². The van der Waals surface area contributed by atoms with E-state index >= 15 is 0 Å². The Morgan fingerprint density at radius 2 is 1.91 bits per heavy atom. The Bertz CT molecular complexity index is 691. The third kappa shape index (κ3) is 2.08. The standard InChI is InChI=1S/C16H22N6/c1-2-8-20-9-10-21(11-13(20)3-1)15-7-6-14-17-18-16(12-4-5-12)22(14)19-15/h6-7,12-13H,1-5,8-11H2. The number of hydrogen-bond donors (Lipinski definition) is 0. The van der Waals surface area contributed by atoms with E-state index in [0.29, 0.717) is 12.0 Å². The van der Waals surface area contributed by atoms with Crippen LogP contribution in [0.25, 0.3) is 5.65 Å². The van der Waals surface area contributed by atoms with Crippen molar-refractivity contribution < 1.29 is 0 Å². The number of fused-ring (bicyclic) bond motifs is 2. The predicted molar refractivity (Wildman–Crippen MR) is 84.2 cm³/mol. The molecule has 6 nitrogen and oxygen atoms in total. The number of aromatic nitrogens is 4. The minimum absolute atomic E-state index is 0.577. The molecular formula is C16H22N6. The Morgan fingerprint density at radius 3 is 2.82 bits per heavy atom. The molecule has 2 aromatic heterocycles. The second-order valence-corrected chi connectivity index (χ2v) is 6.93. The van der Waals surface area contributed by atoms with E-state index in [0.717, 1.165) is 30.4 Å². The van der Waals surface area contributed by atoms with Gasteiger partial charge in [-0.05, 0) is 44.4 Å². The van der Waals surface area contributed by atoms with Gasteiger partial charge in [-0.3, -0.25) is 4.90 Å². The molecule has 4 heterocycles. The predicted octanol–water partition coefficient (Wildman–Crippen LogP) is 1.68. The van der Waals surface area contributed by atoms with Crippen LogP contribution in [-0.4, -0.2) is 56.9 Å². The van der Waals surface area contributed by atoms with E-state index in [1.165, 1.54) is 45.2 Å². The molecule has 0 bridgehead atoms. The van der Waals surface area contributed by atoms with Crippen LogP contribution < -0.4 is 4.90 Å². The normalized spacial score (nSPS) is 26.4. The van der Waals surface area contributed by atoms with Crippen molar-refractivity contribution >= 4 is 11.5 Å². The topological polar surface area (TPSA) is 49.6 Å². The van der Waals surface area contributed by atoms with E-state index in [4.69, 9.17) is 5.10 Å². The minimum atomic E-state index is 0.577. The van der Waals surface area contributed by atoms with E-state index in [-0.39, 0.29) is 0 Å². The number of rotatable bonds is 2. The molecule has 3 fully saturated rings. The third-order valence-electron chi connectivity index (χ3n) is 5.38. The summed E-state index contributed by atoms with van der Waals surface area (Å²) >= 11 is 0. The molecular weight excluding hydrogens is 276 g/mol. The van der Waals surface area contributed by atoms with Crippen LogP contribution in [0.2, 0.25) is 0 Å². The zero-order chi connectivity index (χ0) is 14.5. The highest BCUT2D eigenvalue weighted by Crippen LogP contribution is 2.38. The van der Waals surface area contributed by atoms with Gasteiger partial charge in [-0.2, -0.15) is 4.52 Å². The Morgan fingerprint density at radius 1 is 0.955 bits per heavy atom. The summed E-state index contributed by atoms with van der Waals surface area (Å²) in [5.74, 6) is 2.71. The van der Waals surface area contributed by atoms with Gasteiger partial charge in [-0.1, -0.05) is 6.42 Å². The zero-order valence-corrected chi connectivity index (χ0v) is 12.9. The smallest absolute Gasteiger partial charge is 0.178 e. The fraction of sp³-hybridized carbons (Fsp3) is 0.688. The summed E-state index contributed by atoms with van der Waals surface area (Å²) in [4.78, 5) is 5.11. The first-order valence-electron chi connectivity index (χ1n) is 8.60. The molecule has 2 aromatic rings. The molecule has 2 aliphatic heterocycles. The van der Waals surface area contributed by atoms with Gasteiger partial charge in [0.2, 0.25) is 0 Å². The van der Waals surface area contributed by atoms with Crippen LogP contribution in [0, 0.1) is 0 Å². The van der Waals surface area contributed by atoms with Gasteiger partial charge in [0.05, 0.1) is 0 Å². The van der Waals surface area contributed by atoms with Crippen LogP contribution in [0.5, 0.6) is 0 Å². The van der Waals surface area contributed by atoms with Gasteiger partial charge in [0, 0.05) is 31.6 Å². The summed E-state index contributed by atoms with van der Waals surface area (Å²) in [7, 11) is 0. The van der Waals surface area contributed by atoms with Crippen molar-refractivity contribution in [3.8, 4) is 0 Å². The molecule has 0 radical (unpaired) electrons. The van der Waals surface area contributed by atoms with Crippen molar-refractivity contribution in [1.29, 1.82) is 0 Å². The van der Waals surface area contributed by atoms with Crippen LogP contribution >= 0.6 is 0 Å². The molecule has 0 aromatic carbocycles. The number of anilines is 1. The third-order valence-corrected chi connectivity index (χ3v) is 5.38. The van der Waals surface area contributed by atoms with Crippen molar-refractivity contribution in [1.82, 2.24) is 24.7 Å². The lowest BCUT2D eigenvalue weighted by Gasteiger charge is -2.44. The second kappa shape index (κ2) is 4.91. The van der Waals surface area contributed by atoms with Crippen LogP contribution in [0.3, 0.4) is 0 Å². The maximum atomic E-state index is 4.86. The number of hydrogen-bond acceptors (Lipinski definition) is 5. The van der Waals surface area contributed by atoms with Crippen molar-refractivity contribution in [3.63, 3.8) is 0 Å². The maximum absolute atomic E-state index is 4.86. The van der Waals surface area contributed by atoms with E-state index in [9.17, 15) is 0 Å². The zero-order valence-electron chi connectivity index (χ0n) is 12.9. The molecule has 1 saturated carbocycles. The largest absolute Gasteiger partial charge is 0.352 e. The summed E-state index contributed by atoms with van der Waals surface area (Å²) in [6.45, 7) is 4.64. The van der Waals surface area contributed by atoms with E-state index in [2.05, 4.69) is 32.1 Å². The molecule has 0 spiro atoms. The molecule has 1 atom stereocenters. The quantitative estimate of drug-likeness (QED) is 0.844. The van der Waals surface area contributed by atoms with E-state index < -0.39 is 0 Å². The molecule has 22 heavy (non-hydrogen) atoms. The van der Waals surface area contributed by atoms with Gasteiger partial charge in [0.25, 0.3) is 0 Å². The van der Waals surface area contributed by atoms with Crippen molar-refractivity contribution in [2.75, 3.05) is 31.1 Å². The summed E-state index contributed by atoms with van der Waals surface area (Å²) < 4.78 is 1.97. The Labute approximate surface area is 130 Å². The second-order valence-electron chi connectivity index (χ2n) is 6.93.